The van der Waals surface area contributed by atoms with E-state index in [0.717, 1.165) is 4.90 Å². The number of anilines is 1. The third-order valence-corrected chi connectivity index (χ3v) is 3.22. The van der Waals surface area contributed by atoms with Crippen LogP contribution < -0.4 is 15.4 Å². The van der Waals surface area contributed by atoms with Crippen LogP contribution in [-0.4, -0.2) is 30.8 Å². The molecule has 0 bridgehead atoms. The highest BCUT2D eigenvalue weighted by molar-refractivity contribution is 6.01. The lowest BCUT2D eigenvalue weighted by molar-refractivity contribution is -0.185. The van der Waals surface area contributed by atoms with E-state index in [0.29, 0.717) is 31.4 Å². The summed E-state index contributed by atoms with van der Waals surface area (Å²) in [6.45, 7) is 1.16. The van der Waals surface area contributed by atoms with Crippen molar-refractivity contribution >= 4 is 11.6 Å². The van der Waals surface area contributed by atoms with Gasteiger partial charge in [-0.05, 0) is 25.5 Å². The normalized spacial score (nSPS) is 18.6. The van der Waals surface area contributed by atoms with Crippen molar-refractivity contribution < 1.29 is 22.7 Å². The van der Waals surface area contributed by atoms with Crippen molar-refractivity contribution in [1.82, 2.24) is 0 Å². The van der Waals surface area contributed by atoms with Gasteiger partial charge in [-0.3, -0.25) is 4.79 Å². The predicted octanol–water partition coefficient (Wildman–Crippen LogP) is 2.08. The van der Waals surface area contributed by atoms with Crippen LogP contribution in [0.25, 0.3) is 0 Å². The van der Waals surface area contributed by atoms with E-state index >= 15 is 0 Å². The molecule has 0 saturated carbocycles. The van der Waals surface area contributed by atoms with Crippen molar-refractivity contribution in [3.05, 3.63) is 24.3 Å². The second-order valence-corrected chi connectivity index (χ2v) is 4.83. The molecule has 1 unspecified atom stereocenters. The van der Waals surface area contributed by atoms with Crippen molar-refractivity contribution in [3.63, 3.8) is 0 Å². The van der Waals surface area contributed by atoms with Crippen LogP contribution in [0.2, 0.25) is 0 Å². The molecule has 0 spiro atoms. The van der Waals surface area contributed by atoms with Crippen LogP contribution >= 0.6 is 0 Å². The van der Waals surface area contributed by atoms with E-state index in [4.69, 9.17) is 10.5 Å². The number of para-hydroxylation sites is 2. The molecule has 1 aromatic carbocycles. The van der Waals surface area contributed by atoms with Gasteiger partial charge < -0.3 is 15.4 Å². The lowest BCUT2D eigenvalue weighted by Gasteiger charge is -2.32. The Kier molecular flexibility index (Phi) is 3.64. The van der Waals surface area contributed by atoms with Gasteiger partial charge in [0.1, 0.15) is 5.75 Å². The van der Waals surface area contributed by atoms with Gasteiger partial charge in [0.15, 0.2) is 5.54 Å². The highest BCUT2D eigenvalue weighted by atomic mass is 19.4. The number of ether oxygens (including phenoxy) is 1. The molecule has 2 rings (SSSR count). The number of hydrogen-bond donors (Lipinski definition) is 1. The highest BCUT2D eigenvalue weighted by Gasteiger charge is 2.55. The molecule has 0 saturated heterocycles. The van der Waals surface area contributed by atoms with Gasteiger partial charge in [-0.25, -0.2) is 0 Å². The second-order valence-electron chi connectivity index (χ2n) is 4.83. The van der Waals surface area contributed by atoms with Crippen LogP contribution in [0.1, 0.15) is 13.3 Å². The molecule has 1 aliphatic rings. The van der Waals surface area contributed by atoms with Crippen LogP contribution in [0.4, 0.5) is 18.9 Å². The topological polar surface area (TPSA) is 55.6 Å². The Morgan fingerprint density at radius 1 is 1.35 bits per heavy atom. The summed E-state index contributed by atoms with van der Waals surface area (Å²) < 4.78 is 44.1. The molecule has 1 atom stereocenters. The number of nitrogens with two attached hydrogens (primary N) is 1. The number of carbonyl (C=O) groups is 1. The summed E-state index contributed by atoms with van der Waals surface area (Å²) in [4.78, 5) is 13.3. The summed E-state index contributed by atoms with van der Waals surface area (Å²) in [6.07, 6.45) is -4.37. The molecule has 0 fully saturated rings. The fourth-order valence-electron chi connectivity index (χ4n) is 1.94. The standard InChI is InChI=1S/C13H15F3N2O2/c1-12(17,13(14,15)16)11(19)18-7-4-8-20-10-6-3-2-5-9(10)18/h2-3,5-6H,4,7-8,17H2,1H3. The van der Waals surface area contributed by atoms with Crippen LogP contribution in [0, 0.1) is 0 Å². The molecule has 0 aromatic heterocycles. The summed E-state index contributed by atoms with van der Waals surface area (Å²) in [5.74, 6) is -0.792. The molecule has 1 aromatic rings. The SMILES string of the molecule is CC(N)(C(=O)N1CCCOc2ccccc21)C(F)(F)F. The van der Waals surface area contributed by atoms with E-state index in [9.17, 15) is 18.0 Å². The van der Waals surface area contributed by atoms with E-state index in [1.54, 1.807) is 24.3 Å². The molecule has 0 aliphatic carbocycles. The maximum Gasteiger partial charge on any atom is 0.415 e. The number of amides is 1. The van der Waals surface area contributed by atoms with Crippen LogP contribution in [0.3, 0.4) is 0 Å². The van der Waals surface area contributed by atoms with Crippen molar-refractivity contribution in [3.8, 4) is 5.75 Å². The molecule has 1 aliphatic heterocycles. The van der Waals surface area contributed by atoms with Crippen molar-refractivity contribution in [2.75, 3.05) is 18.1 Å². The maximum absolute atomic E-state index is 12.9. The van der Waals surface area contributed by atoms with Gasteiger partial charge in [-0.15, -0.1) is 0 Å². The van der Waals surface area contributed by atoms with E-state index in [1.165, 1.54) is 0 Å². The number of rotatable bonds is 1. The van der Waals surface area contributed by atoms with E-state index in [1.807, 2.05) is 0 Å². The number of halogens is 3. The smallest absolute Gasteiger partial charge is 0.415 e. The summed E-state index contributed by atoms with van der Waals surface area (Å²) in [7, 11) is 0. The van der Waals surface area contributed by atoms with Gasteiger partial charge >= 0.3 is 6.18 Å². The van der Waals surface area contributed by atoms with E-state index in [2.05, 4.69) is 0 Å². The van der Waals surface area contributed by atoms with Gasteiger partial charge in [0.2, 0.25) is 0 Å². The fourth-order valence-corrected chi connectivity index (χ4v) is 1.94. The zero-order chi connectivity index (χ0) is 15.0. The molecule has 1 heterocycles. The molecule has 110 valence electrons. The quantitative estimate of drug-likeness (QED) is 0.861. The lowest BCUT2D eigenvalue weighted by Crippen LogP contribution is -2.62. The summed E-state index contributed by atoms with van der Waals surface area (Å²) in [6, 6.07) is 6.49. The molecular weight excluding hydrogens is 273 g/mol. The first kappa shape index (κ1) is 14.6. The van der Waals surface area contributed by atoms with Crippen molar-refractivity contribution in [2.45, 2.75) is 25.1 Å². The Labute approximate surface area is 114 Å². The van der Waals surface area contributed by atoms with Crippen LogP contribution in [0.5, 0.6) is 5.75 Å². The van der Waals surface area contributed by atoms with Gasteiger partial charge in [0, 0.05) is 6.54 Å². The van der Waals surface area contributed by atoms with E-state index < -0.39 is 17.6 Å². The van der Waals surface area contributed by atoms with Crippen molar-refractivity contribution in [1.29, 1.82) is 0 Å². The Bertz CT molecular complexity index is 515. The zero-order valence-corrected chi connectivity index (χ0v) is 10.9. The Hall–Kier alpha value is -1.76. The van der Waals surface area contributed by atoms with E-state index in [-0.39, 0.29) is 6.54 Å². The second kappa shape index (κ2) is 4.97. The first-order valence-electron chi connectivity index (χ1n) is 6.14. The van der Waals surface area contributed by atoms with Gasteiger partial charge in [0.05, 0.1) is 12.3 Å². The molecule has 20 heavy (non-hydrogen) atoms. The largest absolute Gasteiger partial charge is 0.491 e. The molecule has 1 amide bonds. The Balaban J connectivity index is 2.40. The first-order chi connectivity index (χ1) is 9.25. The molecule has 2 N–H and O–H groups in total. The third kappa shape index (κ3) is 2.45. The van der Waals surface area contributed by atoms with Gasteiger partial charge in [0.25, 0.3) is 5.91 Å². The minimum atomic E-state index is -4.81. The zero-order valence-electron chi connectivity index (χ0n) is 10.9. The molecule has 0 radical (unpaired) electrons. The lowest BCUT2D eigenvalue weighted by atomic mass is 10.0. The van der Waals surface area contributed by atoms with Gasteiger partial charge in [-0.2, -0.15) is 13.2 Å². The number of carbonyl (C=O) groups excluding carboxylic acids is 1. The monoisotopic (exact) mass is 288 g/mol. The summed E-state index contributed by atoms with van der Waals surface area (Å²) in [5.41, 5.74) is 2.61. The molecular formula is C13H15F3N2O2. The number of nitrogens with zero attached hydrogens (tertiary/aromatic N) is 1. The first-order valence-corrected chi connectivity index (χ1v) is 6.14. The summed E-state index contributed by atoms with van der Waals surface area (Å²) in [5, 5.41) is 0. The highest BCUT2D eigenvalue weighted by Crippen LogP contribution is 2.35. The number of benzene rings is 1. The number of fused-ring (bicyclic) bond motifs is 1. The minimum absolute atomic E-state index is 0.138. The average Bonchev–Trinajstić information content (AvgIpc) is 2.58. The maximum atomic E-state index is 12.9. The predicted molar refractivity (Wildman–Crippen MR) is 67.6 cm³/mol. The number of alkyl halides is 3. The fraction of sp³-hybridized carbons (Fsp3) is 0.462. The molecule has 4 nitrogen and oxygen atoms in total. The van der Waals surface area contributed by atoms with Crippen LogP contribution in [0.15, 0.2) is 24.3 Å². The number of hydrogen-bond acceptors (Lipinski definition) is 3. The van der Waals surface area contributed by atoms with Crippen molar-refractivity contribution in [2.24, 2.45) is 5.73 Å². The van der Waals surface area contributed by atoms with Crippen LogP contribution in [-0.2, 0) is 4.79 Å². The Morgan fingerprint density at radius 2 is 2.00 bits per heavy atom. The Morgan fingerprint density at radius 3 is 2.65 bits per heavy atom. The minimum Gasteiger partial charge on any atom is -0.491 e. The van der Waals surface area contributed by atoms with Gasteiger partial charge in [-0.1, -0.05) is 12.1 Å². The third-order valence-electron chi connectivity index (χ3n) is 3.22. The summed E-state index contributed by atoms with van der Waals surface area (Å²) >= 11 is 0. The average molecular weight is 288 g/mol. The molecule has 7 heteroatoms.